The van der Waals surface area contributed by atoms with Gasteiger partial charge in [0.15, 0.2) is 0 Å². The summed E-state index contributed by atoms with van der Waals surface area (Å²) in [5, 5.41) is 0. The summed E-state index contributed by atoms with van der Waals surface area (Å²) in [5.74, 6) is 0.298. The predicted octanol–water partition coefficient (Wildman–Crippen LogP) is 3.21. The first-order chi connectivity index (χ1) is 9.66. The number of fused-ring (bicyclic) bond motifs is 1. The molecule has 1 aromatic carbocycles. The van der Waals surface area contributed by atoms with Crippen molar-refractivity contribution in [3.05, 3.63) is 35.4 Å². The summed E-state index contributed by atoms with van der Waals surface area (Å²) in [4.78, 5) is 14.8. The molecular formula is C17H25ClN2O. The van der Waals surface area contributed by atoms with Crippen molar-refractivity contribution in [3.8, 4) is 0 Å². The van der Waals surface area contributed by atoms with Crippen LogP contribution in [0.3, 0.4) is 0 Å². The quantitative estimate of drug-likeness (QED) is 0.908. The molecule has 0 bridgehead atoms. The standard InChI is InChI=1S/C17H24N2O.ClH/c1-12(18)6-11-17(20)19(14-8-9-14)16-10-7-13-4-2-3-5-15(13)16;/h2-5,12,14,16H,6-11,18H2,1H3;1H. The molecule has 0 radical (unpaired) electrons. The lowest BCUT2D eigenvalue weighted by Crippen LogP contribution is -2.36. The predicted molar refractivity (Wildman–Crippen MR) is 87.5 cm³/mol. The monoisotopic (exact) mass is 308 g/mol. The Balaban J connectivity index is 0.00000161. The van der Waals surface area contributed by atoms with Crippen molar-refractivity contribution in [2.75, 3.05) is 0 Å². The highest BCUT2D eigenvalue weighted by Gasteiger charge is 2.39. The van der Waals surface area contributed by atoms with Crippen LogP contribution in [0.15, 0.2) is 24.3 Å². The average Bonchev–Trinajstić information content (AvgIpc) is 3.17. The van der Waals surface area contributed by atoms with Gasteiger partial charge in [-0.15, -0.1) is 12.4 Å². The zero-order valence-electron chi connectivity index (χ0n) is 12.6. The first kappa shape index (κ1) is 16.3. The first-order valence-corrected chi connectivity index (χ1v) is 7.81. The van der Waals surface area contributed by atoms with Gasteiger partial charge < -0.3 is 10.6 Å². The van der Waals surface area contributed by atoms with E-state index in [1.807, 2.05) is 6.92 Å². The second-order valence-electron chi connectivity index (χ2n) is 6.30. The maximum Gasteiger partial charge on any atom is 0.223 e. The highest BCUT2D eigenvalue weighted by atomic mass is 35.5. The van der Waals surface area contributed by atoms with Crippen LogP contribution in [-0.4, -0.2) is 22.9 Å². The highest BCUT2D eigenvalue weighted by molar-refractivity contribution is 5.85. The third-order valence-corrected chi connectivity index (χ3v) is 4.48. The molecule has 0 aliphatic heterocycles. The van der Waals surface area contributed by atoms with Gasteiger partial charge >= 0.3 is 0 Å². The SMILES string of the molecule is CC(N)CCC(=O)N(C1CC1)C1CCc2ccccc21.Cl. The number of nitrogens with zero attached hydrogens (tertiary/aromatic N) is 1. The Morgan fingerprint density at radius 1 is 1.33 bits per heavy atom. The van der Waals surface area contributed by atoms with Gasteiger partial charge in [0, 0.05) is 18.5 Å². The van der Waals surface area contributed by atoms with Crippen LogP contribution in [0.25, 0.3) is 0 Å². The van der Waals surface area contributed by atoms with Crippen LogP contribution in [0.2, 0.25) is 0 Å². The minimum atomic E-state index is 0. The Hall–Kier alpha value is -1.06. The Bertz CT molecular complexity index is 499. The number of hydrogen-bond acceptors (Lipinski definition) is 2. The second-order valence-corrected chi connectivity index (χ2v) is 6.30. The van der Waals surface area contributed by atoms with Gasteiger partial charge in [0.1, 0.15) is 0 Å². The minimum absolute atomic E-state index is 0. The highest BCUT2D eigenvalue weighted by Crippen LogP contribution is 2.42. The summed E-state index contributed by atoms with van der Waals surface area (Å²) in [6.45, 7) is 1.97. The van der Waals surface area contributed by atoms with E-state index in [-0.39, 0.29) is 18.4 Å². The van der Waals surface area contributed by atoms with Gasteiger partial charge in [-0.3, -0.25) is 4.79 Å². The van der Waals surface area contributed by atoms with Crippen molar-refractivity contribution in [2.24, 2.45) is 5.73 Å². The van der Waals surface area contributed by atoms with Crippen molar-refractivity contribution >= 4 is 18.3 Å². The molecule has 2 aliphatic rings. The smallest absolute Gasteiger partial charge is 0.223 e. The largest absolute Gasteiger partial charge is 0.333 e. The molecule has 1 saturated carbocycles. The molecule has 2 atom stereocenters. The summed E-state index contributed by atoms with van der Waals surface area (Å²) in [7, 11) is 0. The van der Waals surface area contributed by atoms with Crippen molar-refractivity contribution in [2.45, 2.75) is 63.6 Å². The molecular weight excluding hydrogens is 284 g/mol. The van der Waals surface area contributed by atoms with E-state index < -0.39 is 0 Å². The minimum Gasteiger partial charge on any atom is -0.333 e. The van der Waals surface area contributed by atoms with E-state index in [0.29, 0.717) is 24.4 Å². The van der Waals surface area contributed by atoms with E-state index in [1.54, 1.807) is 0 Å². The fraction of sp³-hybridized carbons (Fsp3) is 0.588. The molecule has 3 rings (SSSR count). The summed E-state index contributed by atoms with van der Waals surface area (Å²) in [6.07, 6.45) is 5.90. The van der Waals surface area contributed by atoms with E-state index in [0.717, 1.165) is 19.3 Å². The molecule has 21 heavy (non-hydrogen) atoms. The summed E-state index contributed by atoms with van der Waals surface area (Å²) < 4.78 is 0. The number of carbonyl (C=O) groups excluding carboxylic acids is 1. The van der Waals surface area contributed by atoms with Crippen molar-refractivity contribution < 1.29 is 4.79 Å². The number of nitrogens with two attached hydrogens (primary N) is 1. The molecule has 3 nitrogen and oxygen atoms in total. The fourth-order valence-corrected chi connectivity index (χ4v) is 3.29. The second kappa shape index (κ2) is 6.80. The molecule has 0 aromatic heterocycles. The van der Waals surface area contributed by atoms with Crippen LogP contribution in [0.4, 0.5) is 0 Å². The Morgan fingerprint density at radius 3 is 2.71 bits per heavy atom. The molecule has 0 spiro atoms. The Labute approximate surface area is 133 Å². The zero-order chi connectivity index (χ0) is 14.1. The lowest BCUT2D eigenvalue weighted by atomic mass is 10.1. The van der Waals surface area contributed by atoms with E-state index in [1.165, 1.54) is 24.0 Å². The number of rotatable bonds is 5. The normalized spacial score (nSPS) is 21.3. The van der Waals surface area contributed by atoms with Crippen molar-refractivity contribution in [1.29, 1.82) is 0 Å². The van der Waals surface area contributed by atoms with Crippen LogP contribution in [0.5, 0.6) is 0 Å². The van der Waals surface area contributed by atoms with Gasteiger partial charge in [-0.25, -0.2) is 0 Å². The fourth-order valence-electron chi connectivity index (χ4n) is 3.29. The molecule has 116 valence electrons. The topological polar surface area (TPSA) is 46.3 Å². The maximum atomic E-state index is 12.6. The van der Waals surface area contributed by atoms with Gasteiger partial charge in [-0.05, 0) is 50.2 Å². The van der Waals surface area contributed by atoms with E-state index in [9.17, 15) is 4.79 Å². The number of aryl methyl sites for hydroxylation is 1. The molecule has 1 aromatic rings. The maximum absolute atomic E-state index is 12.6. The van der Waals surface area contributed by atoms with E-state index in [4.69, 9.17) is 5.73 Å². The van der Waals surface area contributed by atoms with E-state index in [2.05, 4.69) is 29.2 Å². The lowest BCUT2D eigenvalue weighted by molar-refractivity contribution is -0.134. The van der Waals surface area contributed by atoms with Crippen LogP contribution in [0, 0.1) is 0 Å². The number of hydrogen-bond donors (Lipinski definition) is 1. The first-order valence-electron chi connectivity index (χ1n) is 7.81. The molecule has 4 heteroatoms. The summed E-state index contributed by atoms with van der Waals surface area (Å²) in [5.41, 5.74) is 8.58. The van der Waals surface area contributed by atoms with Gasteiger partial charge in [0.2, 0.25) is 5.91 Å². The van der Waals surface area contributed by atoms with Crippen molar-refractivity contribution in [3.63, 3.8) is 0 Å². The molecule has 2 aliphatic carbocycles. The third kappa shape index (κ3) is 3.58. The van der Waals surface area contributed by atoms with Gasteiger partial charge in [-0.2, -0.15) is 0 Å². The average molecular weight is 309 g/mol. The van der Waals surface area contributed by atoms with Gasteiger partial charge in [0.25, 0.3) is 0 Å². The number of benzene rings is 1. The summed E-state index contributed by atoms with van der Waals surface area (Å²) in [6, 6.07) is 9.48. The van der Waals surface area contributed by atoms with E-state index >= 15 is 0 Å². The van der Waals surface area contributed by atoms with Crippen molar-refractivity contribution in [1.82, 2.24) is 4.90 Å². The molecule has 1 amide bonds. The van der Waals surface area contributed by atoms with Crippen LogP contribution < -0.4 is 5.73 Å². The zero-order valence-corrected chi connectivity index (χ0v) is 13.4. The molecule has 0 saturated heterocycles. The van der Waals surface area contributed by atoms with Crippen LogP contribution in [-0.2, 0) is 11.2 Å². The molecule has 2 unspecified atom stereocenters. The van der Waals surface area contributed by atoms with Gasteiger partial charge in [0.05, 0.1) is 6.04 Å². The van der Waals surface area contributed by atoms with Crippen LogP contribution in [0.1, 0.15) is 56.2 Å². The molecule has 1 fully saturated rings. The lowest BCUT2D eigenvalue weighted by Gasteiger charge is -2.30. The number of halogens is 1. The number of carbonyl (C=O) groups is 1. The number of amides is 1. The third-order valence-electron chi connectivity index (χ3n) is 4.48. The van der Waals surface area contributed by atoms with Crippen LogP contribution >= 0.6 is 12.4 Å². The molecule has 2 N–H and O–H groups in total. The molecule has 0 heterocycles. The van der Waals surface area contributed by atoms with Gasteiger partial charge in [-0.1, -0.05) is 24.3 Å². The summed E-state index contributed by atoms with van der Waals surface area (Å²) >= 11 is 0. The Morgan fingerprint density at radius 2 is 2.05 bits per heavy atom. The Kier molecular flexibility index (Phi) is 5.28.